The van der Waals surface area contributed by atoms with Crippen LogP contribution in [0.1, 0.15) is 34.7 Å². The topological polar surface area (TPSA) is 16.4 Å². The molecular formula is C55H37NO. The van der Waals surface area contributed by atoms with E-state index in [0.29, 0.717) is 0 Å². The van der Waals surface area contributed by atoms with E-state index in [1.165, 1.54) is 66.4 Å². The lowest BCUT2D eigenvalue weighted by molar-refractivity contribution is 0.669. The van der Waals surface area contributed by atoms with Gasteiger partial charge in [0, 0.05) is 33.8 Å². The molecule has 1 atom stereocenters. The van der Waals surface area contributed by atoms with E-state index in [1.807, 2.05) is 6.07 Å². The molecule has 1 spiro atoms. The molecule has 2 nitrogen and oxygen atoms in total. The van der Waals surface area contributed by atoms with E-state index in [1.54, 1.807) is 0 Å². The molecule has 9 aromatic carbocycles. The fraction of sp³-hybridized carbons (Fsp3) is 0.0545. The summed E-state index contributed by atoms with van der Waals surface area (Å²) in [5, 5.41) is 4.90. The Morgan fingerprint density at radius 1 is 0.456 bits per heavy atom. The first-order valence-corrected chi connectivity index (χ1v) is 20.0. The number of anilines is 3. The maximum absolute atomic E-state index is 6.54. The van der Waals surface area contributed by atoms with Crippen LogP contribution in [0.4, 0.5) is 17.1 Å². The van der Waals surface area contributed by atoms with E-state index < -0.39 is 5.41 Å². The van der Waals surface area contributed by atoms with Gasteiger partial charge >= 0.3 is 0 Å². The van der Waals surface area contributed by atoms with Crippen molar-refractivity contribution in [2.75, 3.05) is 4.90 Å². The zero-order valence-corrected chi connectivity index (χ0v) is 31.5. The van der Waals surface area contributed by atoms with Crippen LogP contribution in [0, 0.1) is 0 Å². The summed E-state index contributed by atoms with van der Waals surface area (Å²) in [7, 11) is 0. The molecule has 0 amide bonds. The maximum atomic E-state index is 6.54. The Labute approximate surface area is 331 Å². The molecular weight excluding hydrogens is 691 g/mol. The zero-order valence-electron chi connectivity index (χ0n) is 31.5. The summed E-state index contributed by atoms with van der Waals surface area (Å²) >= 11 is 0. The fourth-order valence-corrected chi connectivity index (χ4v) is 10.3. The first-order valence-electron chi connectivity index (χ1n) is 20.0. The van der Waals surface area contributed by atoms with Crippen molar-refractivity contribution in [2.24, 2.45) is 0 Å². The first kappa shape index (κ1) is 32.1. The highest BCUT2D eigenvalue weighted by molar-refractivity contribution is 6.09. The summed E-state index contributed by atoms with van der Waals surface area (Å²) in [6, 6.07) is 71.6. The highest BCUT2D eigenvalue weighted by atomic mass is 16.3. The Hall–Kier alpha value is -7.16. The smallest absolute Gasteiger partial charge is 0.137 e. The molecule has 2 aliphatic carbocycles. The molecule has 2 aliphatic rings. The summed E-state index contributed by atoms with van der Waals surface area (Å²) < 4.78 is 6.54. The van der Waals surface area contributed by atoms with Crippen LogP contribution in [0.5, 0.6) is 0 Å². The lowest BCUT2D eigenvalue weighted by atomic mass is 9.60. The van der Waals surface area contributed by atoms with Crippen LogP contribution in [0.15, 0.2) is 199 Å². The average Bonchev–Trinajstić information content (AvgIpc) is 3.79. The Kier molecular flexibility index (Phi) is 6.86. The van der Waals surface area contributed by atoms with Crippen molar-refractivity contribution in [1.29, 1.82) is 0 Å². The van der Waals surface area contributed by atoms with Crippen LogP contribution in [0.3, 0.4) is 0 Å². The predicted molar refractivity (Wildman–Crippen MR) is 237 cm³/mol. The SMILES string of the molecule is CCc1ccc2cccc3c2c1C1(c2ccccc2-c2ccc(N(c4ccc5c(c4)oc4ccccc45)c4ccccc4-c4ccccc4)cc21)c1ccccc1-3. The molecule has 0 aliphatic heterocycles. The van der Waals surface area contributed by atoms with Gasteiger partial charge in [-0.3, -0.25) is 0 Å². The summed E-state index contributed by atoms with van der Waals surface area (Å²) in [4.78, 5) is 2.44. The summed E-state index contributed by atoms with van der Waals surface area (Å²) in [5.74, 6) is 0. The van der Waals surface area contributed by atoms with Gasteiger partial charge in [-0.2, -0.15) is 0 Å². The second kappa shape index (κ2) is 12.2. The van der Waals surface area contributed by atoms with E-state index in [4.69, 9.17) is 4.42 Å². The van der Waals surface area contributed by atoms with Gasteiger partial charge in [0.2, 0.25) is 0 Å². The van der Waals surface area contributed by atoms with Gasteiger partial charge in [-0.15, -0.1) is 0 Å². The third-order valence-corrected chi connectivity index (χ3v) is 12.6. The van der Waals surface area contributed by atoms with Gasteiger partial charge in [-0.25, -0.2) is 0 Å². The number of aryl methyl sites for hydroxylation is 1. The normalized spacial score (nSPS) is 14.9. The molecule has 0 saturated carbocycles. The molecule has 0 bridgehead atoms. The quantitative estimate of drug-likeness (QED) is 0.175. The summed E-state index contributed by atoms with van der Waals surface area (Å²) in [6.07, 6.45) is 0.939. The summed E-state index contributed by atoms with van der Waals surface area (Å²) in [5.41, 5.74) is 18.8. The molecule has 1 heterocycles. The van der Waals surface area contributed by atoms with Gasteiger partial charge in [0.15, 0.2) is 0 Å². The van der Waals surface area contributed by atoms with Gasteiger partial charge in [-0.1, -0.05) is 159 Å². The van der Waals surface area contributed by atoms with Crippen LogP contribution in [-0.4, -0.2) is 0 Å². The lowest BCUT2D eigenvalue weighted by Crippen LogP contribution is -2.33. The molecule has 0 fully saturated rings. The number of benzene rings is 9. The molecule has 12 rings (SSSR count). The first-order chi connectivity index (χ1) is 28.2. The number of hydrogen-bond donors (Lipinski definition) is 0. The molecule has 0 saturated heterocycles. The van der Waals surface area contributed by atoms with Crippen molar-refractivity contribution >= 4 is 49.8 Å². The summed E-state index contributed by atoms with van der Waals surface area (Å²) in [6.45, 7) is 2.31. The number of para-hydroxylation sites is 2. The third kappa shape index (κ3) is 4.41. The van der Waals surface area contributed by atoms with Crippen LogP contribution in [-0.2, 0) is 11.8 Å². The highest BCUT2D eigenvalue weighted by Crippen LogP contribution is 2.63. The second-order valence-corrected chi connectivity index (χ2v) is 15.4. The Balaban J connectivity index is 1.19. The van der Waals surface area contributed by atoms with Crippen LogP contribution in [0.2, 0.25) is 0 Å². The van der Waals surface area contributed by atoms with Crippen LogP contribution < -0.4 is 4.90 Å². The number of hydrogen-bond acceptors (Lipinski definition) is 2. The molecule has 0 radical (unpaired) electrons. The molecule has 0 N–H and O–H groups in total. The van der Waals surface area contributed by atoms with E-state index in [-0.39, 0.29) is 0 Å². The Morgan fingerprint density at radius 2 is 1.09 bits per heavy atom. The minimum atomic E-state index is -0.523. The van der Waals surface area contributed by atoms with E-state index >= 15 is 0 Å². The van der Waals surface area contributed by atoms with Crippen molar-refractivity contribution in [1.82, 2.24) is 0 Å². The molecule has 57 heavy (non-hydrogen) atoms. The zero-order chi connectivity index (χ0) is 37.7. The van der Waals surface area contributed by atoms with Gasteiger partial charge < -0.3 is 9.32 Å². The van der Waals surface area contributed by atoms with E-state index in [9.17, 15) is 0 Å². The molecule has 10 aromatic rings. The van der Waals surface area contributed by atoms with E-state index in [0.717, 1.165) is 51.0 Å². The van der Waals surface area contributed by atoms with Crippen LogP contribution in [0.25, 0.3) is 66.1 Å². The van der Waals surface area contributed by atoms with Gasteiger partial charge in [0.1, 0.15) is 11.2 Å². The number of nitrogens with zero attached hydrogens (tertiary/aromatic N) is 1. The molecule has 1 aromatic heterocycles. The third-order valence-electron chi connectivity index (χ3n) is 12.6. The predicted octanol–water partition coefficient (Wildman–Crippen LogP) is 14.8. The van der Waals surface area contributed by atoms with Gasteiger partial charge in [0.05, 0.1) is 11.1 Å². The van der Waals surface area contributed by atoms with Crippen molar-refractivity contribution in [3.05, 3.63) is 222 Å². The fourth-order valence-electron chi connectivity index (χ4n) is 10.3. The monoisotopic (exact) mass is 727 g/mol. The standard InChI is InChI=1S/C55H37NO/c1-2-35-27-28-37-17-14-22-46-42-20-7-11-24-48(42)55(54(35)53(37)46)47-23-10-6-19-41(47)43-31-29-38(33-49(43)55)56(50-25-12-8-18-40(50)36-15-4-3-5-16-36)39-30-32-45-44-21-9-13-26-51(44)57-52(45)34-39/h3-34H,2H2,1H3. The van der Waals surface area contributed by atoms with Crippen molar-refractivity contribution in [3.63, 3.8) is 0 Å². The number of furan rings is 1. The second-order valence-electron chi connectivity index (χ2n) is 15.4. The van der Waals surface area contributed by atoms with Crippen molar-refractivity contribution < 1.29 is 4.42 Å². The van der Waals surface area contributed by atoms with Gasteiger partial charge in [-0.05, 0) is 109 Å². The minimum Gasteiger partial charge on any atom is -0.456 e. The van der Waals surface area contributed by atoms with Crippen LogP contribution >= 0.6 is 0 Å². The molecule has 2 heteroatoms. The number of fused-ring (bicyclic) bond motifs is 12. The Morgan fingerprint density at radius 3 is 1.91 bits per heavy atom. The lowest BCUT2D eigenvalue weighted by Gasteiger charge is -2.41. The van der Waals surface area contributed by atoms with Crippen molar-refractivity contribution in [2.45, 2.75) is 18.8 Å². The van der Waals surface area contributed by atoms with E-state index in [2.05, 4.69) is 200 Å². The maximum Gasteiger partial charge on any atom is 0.137 e. The Bertz CT molecular complexity index is 3240. The van der Waals surface area contributed by atoms with Gasteiger partial charge in [0.25, 0.3) is 0 Å². The largest absolute Gasteiger partial charge is 0.456 e. The minimum absolute atomic E-state index is 0.523. The highest BCUT2D eigenvalue weighted by Gasteiger charge is 2.51. The molecule has 268 valence electrons. The average molecular weight is 728 g/mol. The number of rotatable bonds is 5. The molecule has 1 unspecified atom stereocenters. The van der Waals surface area contributed by atoms with Crippen molar-refractivity contribution in [3.8, 4) is 33.4 Å².